The Labute approximate surface area is 84.1 Å². The summed E-state index contributed by atoms with van der Waals surface area (Å²) in [5.74, 6) is -1.68. The van der Waals surface area contributed by atoms with E-state index >= 15 is 0 Å². The second-order valence-electron chi connectivity index (χ2n) is 3.04. The van der Waals surface area contributed by atoms with Crippen molar-refractivity contribution in [3.8, 4) is 0 Å². The fraction of sp³-hybridized carbons (Fsp3) is 0.333. The van der Waals surface area contributed by atoms with Crippen LogP contribution in [-0.2, 0) is 6.42 Å². The SMILES string of the molecule is CC(N)Cc1cc(F)c(F)cc1Br. The average Bonchev–Trinajstić information content (AvgIpc) is 1.99. The van der Waals surface area contributed by atoms with Gasteiger partial charge in [-0.05, 0) is 31.0 Å². The second-order valence-corrected chi connectivity index (χ2v) is 3.89. The van der Waals surface area contributed by atoms with E-state index in [2.05, 4.69) is 15.9 Å². The van der Waals surface area contributed by atoms with Crippen LogP contribution in [0.3, 0.4) is 0 Å². The first-order valence-corrected chi connectivity index (χ1v) is 4.69. The molecule has 0 aliphatic rings. The van der Waals surface area contributed by atoms with E-state index in [0.29, 0.717) is 16.5 Å². The summed E-state index contributed by atoms with van der Waals surface area (Å²) in [6, 6.07) is 2.22. The first kappa shape index (κ1) is 10.6. The first-order chi connectivity index (χ1) is 6.00. The maximum absolute atomic E-state index is 12.8. The van der Waals surface area contributed by atoms with Crippen molar-refractivity contribution in [2.24, 2.45) is 5.73 Å². The van der Waals surface area contributed by atoms with Gasteiger partial charge < -0.3 is 5.73 Å². The van der Waals surface area contributed by atoms with Crippen LogP contribution in [0, 0.1) is 11.6 Å². The molecule has 1 atom stereocenters. The first-order valence-electron chi connectivity index (χ1n) is 3.89. The predicted octanol–water partition coefficient (Wildman–Crippen LogP) is 2.62. The molecule has 0 amide bonds. The van der Waals surface area contributed by atoms with Crippen LogP contribution in [0.25, 0.3) is 0 Å². The molecule has 72 valence electrons. The number of halogens is 3. The van der Waals surface area contributed by atoms with Gasteiger partial charge in [-0.2, -0.15) is 0 Å². The topological polar surface area (TPSA) is 26.0 Å². The van der Waals surface area contributed by atoms with E-state index < -0.39 is 11.6 Å². The van der Waals surface area contributed by atoms with Crippen molar-refractivity contribution in [2.45, 2.75) is 19.4 Å². The quantitative estimate of drug-likeness (QED) is 0.802. The van der Waals surface area contributed by atoms with Crippen LogP contribution in [0.1, 0.15) is 12.5 Å². The molecule has 1 rings (SSSR count). The van der Waals surface area contributed by atoms with Crippen molar-refractivity contribution in [2.75, 3.05) is 0 Å². The van der Waals surface area contributed by atoms with Gasteiger partial charge in [0.15, 0.2) is 11.6 Å². The summed E-state index contributed by atoms with van der Waals surface area (Å²) in [5, 5.41) is 0. The van der Waals surface area contributed by atoms with Gasteiger partial charge in [0.1, 0.15) is 0 Å². The molecule has 13 heavy (non-hydrogen) atoms. The van der Waals surface area contributed by atoms with E-state index in [-0.39, 0.29) is 6.04 Å². The van der Waals surface area contributed by atoms with Crippen LogP contribution < -0.4 is 5.73 Å². The van der Waals surface area contributed by atoms with E-state index in [0.717, 1.165) is 6.07 Å². The number of nitrogens with two attached hydrogens (primary N) is 1. The summed E-state index contributed by atoms with van der Waals surface area (Å²) in [7, 11) is 0. The van der Waals surface area contributed by atoms with Crippen molar-refractivity contribution >= 4 is 15.9 Å². The summed E-state index contributed by atoms with van der Waals surface area (Å²) in [6.45, 7) is 1.81. The van der Waals surface area contributed by atoms with Crippen molar-refractivity contribution in [1.82, 2.24) is 0 Å². The number of benzene rings is 1. The predicted molar refractivity (Wildman–Crippen MR) is 51.4 cm³/mol. The van der Waals surface area contributed by atoms with E-state index in [4.69, 9.17) is 5.73 Å². The Kier molecular flexibility index (Phi) is 3.39. The molecule has 0 heterocycles. The molecule has 1 aromatic rings. The van der Waals surface area contributed by atoms with Gasteiger partial charge in [0.05, 0.1) is 0 Å². The van der Waals surface area contributed by atoms with Gasteiger partial charge in [-0.1, -0.05) is 15.9 Å². The Hall–Kier alpha value is -0.480. The zero-order valence-corrected chi connectivity index (χ0v) is 8.74. The molecule has 0 aromatic heterocycles. The summed E-state index contributed by atoms with van der Waals surface area (Å²) < 4.78 is 26.0. The third-order valence-electron chi connectivity index (χ3n) is 1.63. The lowest BCUT2D eigenvalue weighted by atomic mass is 10.1. The van der Waals surface area contributed by atoms with Gasteiger partial charge in [0.25, 0.3) is 0 Å². The summed E-state index contributed by atoms with van der Waals surface area (Å²) in [6.07, 6.45) is 0.526. The second kappa shape index (κ2) is 4.15. The minimum atomic E-state index is -0.847. The molecule has 0 fully saturated rings. The molecular formula is C9H10BrF2N. The summed E-state index contributed by atoms with van der Waals surface area (Å²) in [4.78, 5) is 0. The third-order valence-corrected chi connectivity index (χ3v) is 2.37. The standard InChI is InChI=1S/C9H10BrF2N/c1-5(13)2-6-3-8(11)9(12)4-7(6)10/h3-5H,2,13H2,1H3. The largest absolute Gasteiger partial charge is 0.328 e. The molecule has 1 nitrogen and oxygen atoms in total. The molecule has 0 aliphatic carbocycles. The van der Waals surface area contributed by atoms with Crippen molar-refractivity contribution in [3.63, 3.8) is 0 Å². The molecule has 0 aliphatic heterocycles. The van der Waals surface area contributed by atoms with Crippen LogP contribution in [0.5, 0.6) is 0 Å². The Morgan fingerprint density at radius 3 is 2.46 bits per heavy atom. The highest BCUT2D eigenvalue weighted by Crippen LogP contribution is 2.21. The highest BCUT2D eigenvalue weighted by molar-refractivity contribution is 9.10. The lowest BCUT2D eigenvalue weighted by molar-refractivity contribution is 0.505. The smallest absolute Gasteiger partial charge is 0.159 e. The third kappa shape index (κ3) is 2.74. The molecule has 0 spiro atoms. The van der Waals surface area contributed by atoms with Crippen LogP contribution in [0.4, 0.5) is 8.78 Å². The molecule has 1 unspecified atom stereocenters. The maximum Gasteiger partial charge on any atom is 0.159 e. The molecule has 0 radical (unpaired) electrons. The zero-order chi connectivity index (χ0) is 10.0. The van der Waals surface area contributed by atoms with Gasteiger partial charge in [0.2, 0.25) is 0 Å². The van der Waals surface area contributed by atoms with Crippen LogP contribution in [0.15, 0.2) is 16.6 Å². The van der Waals surface area contributed by atoms with Crippen molar-refractivity contribution in [1.29, 1.82) is 0 Å². The molecule has 4 heteroatoms. The van der Waals surface area contributed by atoms with E-state index in [1.54, 1.807) is 0 Å². The lowest BCUT2D eigenvalue weighted by Crippen LogP contribution is -2.18. The number of rotatable bonds is 2. The number of hydrogen-bond acceptors (Lipinski definition) is 1. The minimum absolute atomic E-state index is 0.0684. The molecule has 1 aromatic carbocycles. The fourth-order valence-corrected chi connectivity index (χ4v) is 1.54. The Morgan fingerprint density at radius 2 is 1.92 bits per heavy atom. The average molecular weight is 250 g/mol. The normalized spacial score (nSPS) is 13.0. The maximum atomic E-state index is 12.8. The molecule has 0 bridgehead atoms. The van der Waals surface area contributed by atoms with Gasteiger partial charge in [0, 0.05) is 10.5 Å². The highest BCUT2D eigenvalue weighted by atomic mass is 79.9. The van der Waals surface area contributed by atoms with E-state index in [1.165, 1.54) is 6.07 Å². The van der Waals surface area contributed by atoms with Crippen molar-refractivity contribution < 1.29 is 8.78 Å². The zero-order valence-electron chi connectivity index (χ0n) is 7.15. The molecular weight excluding hydrogens is 240 g/mol. The van der Waals surface area contributed by atoms with Gasteiger partial charge in [-0.25, -0.2) is 8.78 Å². The van der Waals surface area contributed by atoms with E-state index in [9.17, 15) is 8.78 Å². The van der Waals surface area contributed by atoms with Gasteiger partial charge in [-0.3, -0.25) is 0 Å². The van der Waals surface area contributed by atoms with Crippen LogP contribution in [0.2, 0.25) is 0 Å². The van der Waals surface area contributed by atoms with Gasteiger partial charge in [-0.15, -0.1) is 0 Å². The Bertz CT molecular complexity index is 313. The van der Waals surface area contributed by atoms with E-state index in [1.807, 2.05) is 6.92 Å². The fourth-order valence-electron chi connectivity index (χ4n) is 1.07. The van der Waals surface area contributed by atoms with Gasteiger partial charge >= 0.3 is 0 Å². The highest BCUT2D eigenvalue weighted by Gasteiger charge is 2.08. The lowest BCUT2D eigenvalue weighted by Gasteiger charge is -2.07. The van der Waals surface area contributed by atoms with Crippen LogP contribution in [-0.4, -0.2) is 6.04 Å². The van der Waals surface area contributed by atoms with Crippen molar-refractivity contribution in [3.05, 3.63) is 33.8 Å². The molecule has 0 saturated heterocycles. The Morgan fingerprint density at radius 1 is 1.38 bits per heavy atom. The molecule has 0 saturated carbocycles. The summed E-state index contributed by atoms with van der Waals surface area (Å²) >= 11 is 3.15. The monoisotopic (exact) mass is 249 g/mol. The molecule has 2 N–H and O–H groups in total. The summed E-state index contributed by atoms with van der Waals surface area (Å²) in [5.41, 5.74) is 6.23. The minimum Gasteiger partial charge on any atom is -0.328 e. The number of hydrogen-bond donors (Lipinski definition) is 1. The Balaban J connectivity index is 3.01. The van der Waals surface area contributed by atoms with Crippen LogP contribution >= 0.6 is 15.9 Å².